The summed E-state index contributed by atoms with van der Waals surface area (Å²) in [6, 6.07) is 7.78. The molecule has 8 nitrogen and oxygen atoms in total. The highest BCUT2D eigenvalue weighted by atomic mass is 32.2. The molecule has 1 aliphatic carbocycles. The van der Waals surface area contributed by atoms with Gasteiger partial charge >= 0.3 is 0 Å². The van der Waals surface area contributed by atoms with E-state index in [2.05, 4.69) is 20.5 Å². The molecule has 4 rings (SSSR count). The molecule has 1 amide bonds. The summed E-state index contributed by atoms with van der Waals surface area (Å²) in [5.41, 5.74) is 1.72. The predicted octanol–water partition coefficient (Wildman–Crippen LogP) is 3.53. The van der Waals surface area contributed by atoms with E-state index in [9.17, 15) is 17.6 Å². The van der Waals surface area contributed by atoms with Crippen molar-refractivity contribution in [2.75, 3.05) is 11.9 Å². The van der Waals surface area contributed by atoms with Gasteiger partial charge in [-0.2, -0.15) is 14.5 Å². The number of rotatable bonds is 8. The molecule has 0 radical (unpaired) electrons. The van der Waals surface area contributed by atoms with Crippen molar-refractivity contribution < 1.29 is 17.6 Å². The summed E-state index contributed by atoms with van der Waals surface area (Å²) in [6.45, 7) is 2.52. The summed E-state index contributed by atoms with van der Waals surface area (Å²) in [4.78, 5) is 17.1. The van der Waals surface area contributed by atoms with Gasteiger partial charge in [-0.3, -0.25) is 4.79 Å². The molecule has 1 fully saturated rings. The minimum Gasteiger partial charge on any atom is -0.306 e. The molecule has 2 heterocycles. The number of aromatic nitrogens is 1. The van der Waals surface area contributed by atoms with Crippen LogP contribution in [0.1, 0.15) is 59.8 Å². The highest BCUT2D eigenvalue weighted by Crippen LogP contribution is 2.34. The van der Waals surface area contributed by atoms with Crippen LogP contribution in [0.25, 0.3) is 0 Å². The quantitative estimate of drug-likeness (QED) is 0.470. The number of unbranched alkanes of at least 4 members (excludes halogenated alkanes) is 1. The predicted molar refractivity (Wildman–Crippen MR) is 126 cm³/mol. The number of amides is 1. The Morgan fingerprint density at radius 1 is 1.27 bits per heavy atom. The van der Waals surface area contributed by atoms with Crippen molar-refractivity contribution in [3.63, 3.8) is 0 Å². The summed E-state index contributed by atoms with van der Waals surface area (Å²) < 4.78 is 41.3. The van der Waals surface area contributed by atoms with E-state index in [1.807, 2.05) is 6.92 Å². The molecular formula is C23H26FN5O3S. The summed E-state index contributed by atoms with van der Waals surface area (Å²) in [5, 5.41) is 10.1. The Morgan fingerprint density at radius 3 is 2.85 bits per heavy atom. The fourth-order valence-electron chi connectivity index (χ4n) is 3.62. The van der Waals surface area contributed by atoms with E-state index in [1.165, 1.54) is 22.7 Å². The third-order valence-corrected chi connectivity index (χ3v) is 7.93. The number of hydrogen-bond acceptors (Lipinski definition) is 6. The van der Waals surface area contributed by atoms with Gasteiger partial charge < -0.3 is 5.32 Å². The van der Waals surface area contributed by atoms with Crippen LogP contribution in [-0.2, 0) is 23.0 Å². The van der Waals surface area contributed by atoms with Crippen LogP contribution in [0.2, 0.25) is 0 Å². The number of fused-ring (bicyclic) bond motifs is 1. The standard InChI is InChI=1S/C23H26FN5O3S/c1-2-3-10-25-26-14-18-5-4-6-22(27-18)28-23(30)20-12-17-15-29(33(31,32)19-7-8-19)11-9-16(17)13-21(20)24/h4-6,10,12-14,19H,2-3,7-9,11,15H2,1H3,(H,27,28,30). The van der Waals surface area contributed by atoms with Gasteiger partial charge in [0.25, 0.3) is 5.91 Å². The molecule has 10 heteroatoms. The fourth-order valence-corrected chi connectivity index (χ4v) is 5.44. The highest BCUT2D eigenvalue weighted by Gasteiger charge is 2.41. The number of carbonyl (C=O) groups excluding carboxylic acids is 1. The normalized spacial score (nSPS) is 16.9. The Bertz CT molecular complexity index is 1210. The average molecular weight is 472 g/mol. The van der Waals surface area contributed by atoms with Crippen LogP contribution < -0.4 is 5.32 Å². The second-order valence-electron chi connectivity index (χ2n) is 8.16. The van der Waals surface area contributed by atoms with Crippen molar-refractivity contribution in [2.24, 2.45) is 10.2 Å². The number of halogens is 1. The number of anilines is 1. The number of pyridine rings is 1. The van der Waals surface area contributed by atoms with E-state index >= 15 is 0 Å². The largest absolute Gasteiger partial charge is 0.306 e. The van der Waals surface area contributed by atoms with Crippen LogP contribution in [0, 0.1) is 5.82 Å². The zero-order valence-corrected chi connectivity index (χ0v) is 19.2. The van der Waals surface area contributed by atoms with Crippen molar-refractivity contribution >= 4 is 34.2 Å². The van der Waals surface area contributed by atoms with Crippen molar-refractivity contribution in [1.82, 2.24) is 9.29 Å². The van der Waals surface area contributed by atoms with Gasteiger partial charge in [-0.05, 0) is 61.1 Å². The Balaban J connectivity index is 1.49. The lowest BCUT2D eigenvalue weighted by molar-refractivity contribution is 0.102. The van der Waals surface area contributed by atoms with Crippen molar-refractivity contribution in [3.8, 4) is 0 Å². The minimum atomic E-state index is -3.33. The molecular weight excluding hydrogens is 445 g/mol. The molecule has 174 valence electrons. The van der Waals surface area contributed by atoms with Gasteiger partial charge in [0.05, 0.1) is 22.7 Å². The number of carbonyl (C=O) groups is 1. The molecule has 0 unspecified atom stereocenters. The van der Waals surface area contributed by atoms with Gasteiger partial charge in [-0.1, -0.05) is 19.4 Å². The smallest absolute Gasteiger partial charge is 0.259 e. The Morgan fingerprint density at radius 2 is 2.09 bits per heavy atom. The number of sulfonamides is 1. The summed E-state index contributed by atoms with van der Waals surface area (Å²) in [6.07, 6.45) is 6.77. The maximum absolute atomic E-state index is 14.7. The zero-order valence-electron chi connectivity index (χ0n) is 18.4. The monoisotopic (exact) mass is 471 g/mol. The molecule has 33 heavy (non-hydrogen) atoms. The molecule has 1 aromatic heterocycles. The Kier molecular flexibility index (Phi) is 6.94. The van der Waals surface area contributed by atoms with Crippen molar-refractivity contribution in [3.05, 3.63) is 58.5 Å². The molecule has 0 spiro atoms. The summed E-state index contributed by atoms with van der Waals surface area (Å²) >= 11 is 0. The Labute approximate surface area is 192 Å². The molecule has 0 saturated heterocycles. The van der Waals surface area contributed by atoms with E-state index in [0.29, 0.717) is 37.1 Å². The third kappa shape index (κ3) is 5.51. The molecule has 1 saturated carbocycles. The Hall–Kier alpha value is -2.98. The van der Waals surface area contributed by atoms with Gasteiger partial charge in [0, 0.05) is 19.3 Å². The summed E-state index contributed by atoms with van der Waals surface area (Å²) in [5.74, 6) is -1.05. The first kappa shape index (κ1) is 23.2. The van der Waals surface area contributed by atoms with Crippen molar-refractivity contribution in [1.29, 1.82) is 0 Å². The van der Waals surface area contributed by atoms with Crippen molar-refractivity contribution in [2.45, 2.75) is 50.8 Å². The van der Waals surface area contributed by atoms with Crippen LogP contribution in [0.15, 0.2) is 40.5 Å². The number of nitrogens with zero attached hydrogens (tertiary/aromatic N) is 4. The minimum absolute atomic E-state index is 0.149. The zero-order chi connectivity index (χ0) is 23.4. The lowest BCUT2D eigenvalue weighted by Gasteiger charge is -2.28. The van der Waals surface area contributed by atoms with Gasteiger partial charge in [0.15, 0.2) is 0 Å². The van der Waals surface area contributed by atoms with E-state index in [0.717, 1.165) is 18.4 Å². The first-order chi connectivity index (χ1) is 15.9. The lowest BCUT2D eigenvalue weighted by Crippen LogP contribution is -2.38. The fraction of sp³-hybridized carbons (Fsp3) is 0.391. The number of hydrogen-bond donors (Lipinski definition) is 1. The topological polar surface area (TPSA) is 104 Å². The second kappa shape index (κ2) is 9.88. The van der Waals surface area contributed by atoms with Crippen LogP contribution >= 0.6 is 0 Å². The van der Waals surface area contributed by atoms with Gasteiger partial charge in [-0.25, -0.2) is 17.8 Å². The SMILES string of the molecule is CCCC=NN=Cc1cccc(NC(=O)c2cc3c(cc2F)CCN(S(=O)(=O)C2CC2)C3)n1. The van der Waals surface area contributed by atoms with Gasteiger partial charge in [0.1, 0.15) is 11.6 Å². The van der Waals surface area contributed by atoms with E-state index in [-0.39, 0.29) is 23.2 Å². The van der Waals surface area contributed by atoms with Crippen LogP contribution in [-0.4, -0.2) is 47.8 Å². The number of nitrogens with one attached hydrogen (secondary N) is 1. The first-order valence-electron chi connectivity index (χ1n) is 11.0. The molecule has 0 bridgehead atoms. The van der Waals surface area contributed by atoms with Crippen LogP contribution in [0.5, 0.6) is 0 Å². The molecule has 1 aromatic carbocycles. The molecule has 1 N–H and O–H groups in total. The van der Waals surface area contributed by atoms with Gasteiger partial charge in [0.2, 0.25) is 10.0 Å². The number of benzene rings is 1. The first-order valence-corrected chi connectivity index (χ1v) is 12.5. The highest BCUT2D eigenvalue weighted by molar-refractivity contribution is 7.90. The average Bonchev–Trinajstić information content (AvgIpc) is 3.64. The summed E-state index contributed by atoms with van der Waals surface area (Å²) in [7, 11) is -3.33. The third-order valence-electron chi connectivity index (χ3n) is 5.58. The van der Waals surface area contributed by atoms with Crippen LogP contribution in [0.3, 0.4) is 0 Å². The van der Waals surface area contributed by atoms with Gasteiger partial charge in [-0.15, -0.1) is 0 Å². The van der Waals surface area contributed by atoms with E-state index < -0.39 is 21.7 Å². The molecule has 2 aromatic rings. The second-order valence-corrected chi connectivity index (χ2v) is 10.4. The maximum atomic E-state index is 14.7. The molecule has 2 aliphatic rings. The maximum Gasteiger partial charge on any atom is 0.259 e. The molecule has 1 aliphatic heterocycles. The molecule has 0 atom stereocenters. The van der Waals surface area contributed by atoms with E-state index in [1.54, 1.807) is 24.4 Å². The van der Waals surface area contributed by atoms with E-state index in [4.69, 9.17) is 0 Å². The lowest BCUT2D eigenvalue weighted by atomic mass is 9.97. The van der Waals surface area contributed by atoms with Crippen LogP contribution in [0.4, 0.5) is 10.2 Å².